The molecule has 7 nitrogen and oxygen atoms in total. The molecule has 2 aromatic rings. The van der Waals surface area contributed by atoms with Crippen LogP contribution in [-0.4, -0.2) is 51.3 Å². The van der Waals surface area contributed by atoms with Gasteiger partial charge >= 0.3 is 6.03 Å². The number of aromatic nitrogens is 1. The first kappa shape index (κ1) is 22.4. The molecule has 7 heteroatoms. The van der Waals surface area contributed by atoms with E-state index in [1.807, 2.05) is 31.2 Å². The largest absolute Gasteiger partial charge is 0.356 e. The smallest absolute Gasteiger partial charge is 0.328 e. The van der Waals surface area contributed by atoms with Crippen LogP contribution in [0.25, 0.3) is 10.9 Å². The van der Waals surface area contributed by atoms with Crippen LogP contribution < -0.4 is 5.32 Å². The molecule has 3 unspecified atom stereocenters. The van der Waals surface area contributed by atoms with Gasteiger partial charge in [0.05, 0.1) is 5.69 Å². The van der Waals surface area contributed by atoms with Gasteiger partial charge in [-0.3, -0.25) is 9.59 Å². The topological polar surface area (TPSA) is 85.5 Å². The molecule has 0 radical (unpaired) electrons. The lowest BCUT2D eigenvalue weighted by Gasteiger charge is -2.36. The number of nitrogens with one attached hydrogen (secondary N) is 2. The SMILES string of the molecule is CC(C)CCCC(C)NC(=O)C(C)N1C(=O)N2CCc3c([nH]c4ccccc34)C2(C)C1=O. The minimum atomic E-state index is -1.12. The third-order valence-electron chi connectivity index (χ3n) is 7.07. The lowest BCUT2D eigenvalue weighted by Crippen LogP contribution is -2.51. The summed E-state index contributed by atoms with van der Waals surface area (Å²) in [6.45, 7) is 10.2. The van der Waals surface area contributed by atoms with Gasteiger partial charge in [0.2, 0.25) is 5.91 Å². The van der Waals surface area contributed by atoms with Crippen LogP contribution in [0.1, 0.15) is 65.1 Å². The molecule has 0 bridgehead atoms. The highest BCUT2D eigenvalue weighted by Crippen LogP contribution is 2.44. The number of amides is 4. The molecule has 0 spiro atoms. The van der Waals surface area contributed by atoms with E-state index in [0.29, 0.717) is 18.9 Å². The van der Waals surface area contributed by atoms with Gasteiger partial charge in [0.15, 0.2) is 5.54 Å². The van der Waals surface area contributed by atoms with Gasteiger partial charge in [0.1, 0.15) is 6.04 Å². The average molecular weight is 439 g/mol. The molecule has 0 aliphatic carbocycles. The fourth-order valence-electron chi connectivity index (χ4n) is 5.14. The maximum Gasteiger partial charge on any atom is 0.328 e. The Balaban J connectivity index is 1.55. The monoisotopic (exact) mass is 438 g/mol. The molecule has 1 saturated heterocycles. The van der Waals surface area contributed by atoms with Crippen LogP contribution in [0, 0.1) is 5.92 Å². The molecule has 1 aromatic heterocycles. The fraction of sp³-hybridized carbons (Fsp3) is 0.560. The van der Waals surface area contributed by atoms with E-state index in [4.69, 9.17) is 0 Å². The molecule has 3 heterocycles. The zero-order valence-corrected chi connectivity index (χ0v) is 19.7. The summed E-state index contributed by atoms with van der Waals surface area (Å²) in [6, 6.07) is 6.70. The Morgan fingerprint density at radius 1 is 1.16 bits per heavy atom. The van der Waals surface area contributed by atoms with Gasteiger partial charge < -0.3 is 15.2 Å². The number of aromatic amines is 1. The second kappa shape index (κ2) is 8.26. The Kier molecular flexibility index (Phi) is 5.77. The number of para-hydroxylation sites is 1. The Bertz CT molecular complexity index is 1060. The summed E-state index contributed by atoms with van der Waals surface area (Å²) >= 11 is 0. The number of rotatable bonds is 7. The van der Waals surface area contributed by atoms with Crippen molar-refractivity contribution in [2.24, 2.45) is 5.92 Å². The fourth-order valence-corrected chi connectivity index (χ4v) is 5.14. The van der Waals surface area contributed by atoms with Gasteiger partial charge in [-0.15, -0.1) is 0 Å². The van der Waals surface area contributed by atoms with Crippen molar-refractivity contribution in [3.05, 3.63) is 35.5 Å². The molecule has 1 fully saturated rings. The van der Waals surface area contributed by atoms with Crippen LogP contribution in [-0.2, 0) is 21.5 Å². The minimum absolute atomic E-state index is 0.00464. The summed E-state index contributed by atoms with van der Waals surface area (Å²) in [5.41, 5.74) is 1.68. The van der Waals surface area contributed by atoms with Gasteiger partial charge in [-0.1, -0.05) is 44.9 Å². The number of hydrogen-bond donors (Lipinski definition) is 2. The van der Waals surface area contributed by atoms with Crippen molar-refractivity contribution in [3.8, 4) is 0 Å². The number of hydrogen-bond acceptors (Lipinski definition) is 3. The highest BCUT2D eigenvalue weighted by atomic mass is 16.2. The van der Waals surface area contributed by atoms with Crippen LogP contribution in [0.2, 0.25) is 0 Å². The molecule has 1 aromatic carbocycles. The van der Waals surface area contributed by atoms with Crippen LogP contribution in [0.5, 0.6) is 0 Å². The van der Waals surface area contributed by atoms with E-state index in [2.05, 4.69) is 24.1 Å². The first-order valence-electron chi connectivity index (χ1n) is 11.7. The zero-order valence-electron chi connectivity index (χ0n) is 19.7. The minimum Gasteiger partial charge on any atom is -0.356 e. The second-order valence-corrected chi connectivity index (χ2v) is 9.87. The maximum atomic E-state index is 13.7. The number of nitrogens with zero attached hydrogens (tertiary/aromatic N) is 2. The summed E-state index contributed by atoms with van der Waals surface area (Å²) in [7, 11) is 0. The van der Waals surface area contributed by atoms with E-state index in [1.54, 1.807) is 18.7 Å². The van der Waals surface area contributed by atoms with Crippen LogP contribution in [0.4, 0.5) is 4.79 Å². The first-order valence-corrected chi connectivity index (χ1v) is 11.7. The Labute approximate surface area is 189 Å². The molecule has 3 atom stereocenters. The molecular weight excluding hydrogens is 404 g/mol. The van der Waals surface area contributed by atoms with Crippen molar-refractivity contribution in [1.82, 2.24) is 20.1 Å². The summed E-state index contributed by atoms with van der Waals surface area (Å²) in [6.07, 6.45) is 3.69. The highest BCUT2D eigenvalue weighted by Gasteiger charge is 2.60. The van der Waals surface area contributed by atoms with E-state index in [9.17, 15) is 14.4 Å². The molecule has 172 valence electrons. The van der Waals surface area contributed by atoms with E-state index < -0.39 is 17.6 Å². The van der Waals surface area contributed by atoms with Crippen molar-refractivity contribution in [2.45, 2.75) is 77.9 Å². The predicted octanol–water partition coefficient (Wildman–Crippen LogP) is 3.92. The Morgan fingerprint density at radius 2 is 1.88 bits per heavy atom. The summed E-state index contributed by atoms with van der Waals surface area (Å²) in [5.74, 6) is -0.00137. The number of fused-ring (bicyclic) bond motifs is 5. The third kappa shape index (κ3) is 3.48. The normalized spacial score (nSPS) is 22.3. The van der Waals surface area contributed by atoms with Crippen LogP contribution in [0.15, 0.2) is 24.3 Å². The standard InChI is InChI=1S/C25H34N4O3/c1-15(2)9-8-10-16(3)26-22(30)17(4)29-23(31)25(5)21-19(13-14-28(25)24(29)32)18-11-6-7-12-20(18)27-21/h6-7,11-12,15-17,27H,8-10,13-14H2,1-5H3,(H,26,30). The Morgan fingerprint density at radius 3 is 2.59 bits per heavy atom. The van der Waals surface area contributed by atoms with Crippen molar-refractivity contribution in [2.75, 3.05) is 6.54 Å². The van der Waals surface area contributed by atoms with Crippen molar-refractivity contribution < 1.29 is 14.4 Å². The number of urea groups is 1. The average Bonchev–Trinajstić information content (AvgIpc) is 3.21. The van der Waals surface area contributed by atoms with Crippen LogP contribution >= 0.6 is 0 Å². The maximum absolute atomic E-state index is 13.7. The van der Waals surface area contributed by atoms with Crippen molar-refractivity contribution in [1.29, 1.82) is 0 Å². The van der Waals surface area contributed by atoms with Gasteiger partial charge in [-0.05, 0) is 51.2 Å². The molecule has 2 aliphatic heterocycles. The highest BCUT2D eigenvalue weighted by molar-refractivity contribution is 6.10. The van der Waals surface area contributed by atoms with Crippen molar-refractivity contribution in [3.63, 3.8) is 0 Å². The van der Waals surface area contributed by atoms with E-state index in [-0.39, 0.29) is 17.9 Å². The summed E-state index contributed by atoms with van der Waals surface area (Å²) in [5, 5.41) is 4.08. The first-order chi connectivity index (χ1) is 15.2. The van der Waals surface area contributed by atoms with Crippen molar-refractivity contribution >= 4 is 28.7 Å². The lowest BCUT2D eigenvalue weighted by molar-refractivity contribution is -0.139. The third-order valence-corrected chi connectivity index (χ3v) is 7.07. The summed E-state index contributed by atoms with van der Waals surface area (Å²) in [4.78, 5) is 46.0. The number of carbonyl (C=O) groups is 3. The van der Waals surface area contributed by atoms with Gasteiger partial charge in [-0.2, -0.15) is 0 Å². The molecule has 2 aliphatic rings. The van der Waals surface area contributed by atoms with Crippen LogP contribution in [0.3, 0.4) is 0 Å². The zero-order chi connectivity index (χ0) is 23.2. The second-order valence-electron chi connectivity index (χ2n) is 9.87. The number of carbonyl (C=O) groups excluding carboxylic acids is 3. The number of imide groups is 1. The van der Waals surface area contributed by atoms with Gasteiger partial charge in [-0.25, -0.2) is 9.69 Å². The predicted molar refractivity (Wildman–Crippen MR) is 124 cm³/mol. The van der Waals surface area contributed by atoms with E-state index >= 15 is 0 Å². The molecular formula is C25H34N4O3. The molecule has 4 amide bonds. The van der Waals surface area contributed by atoms with E-state index in [0.717, 1.165) is 46.3 Å². The number of H-pyrrole nitrogens is 1. The molecule has 4 rings (SSSR count). The van der Waals surface area contributed by atoms with E-state index in [1.165, 1.54) is 0 Å². The number of benzene rings is 1. The molecule has 32 heavy (non-hydrogen) atoms. The molecule has 2 N–H and O–H groups in total. The van der Waals surface area contributed by atoms with Gasteiger partial charge in [0.25, 0.3) is 5.91 Å². The Hall–Kier alpha value is -2.83. The lowest BCUT2D eigenvalue weighted by atomic mass is 9.87. The summed E-state index contributed by atoms with van der Waals surface area (Å²) < 4.78 is 0. The molecule has 0 saturated carbocycles. The van der Waals surface area contributed by atoms with Gasteiger partial charge in [0, 0.05) is 23.5 Å². The quantitative estimate of drug-likeness (QED) is 0.643.